The Morgan fingerprint density at radius 3 is 1.69 bits per heavy atom. The van der Waals surface area contributed by atoms with Gasteiger partial charge in [0.15, 0.2) is 0 Å². The molecule has 0 fully saturated rings. The van der Waals surface area contributed by atoms with Crippen molar-refractivity contribution in [3.8, 4) is 16.8 Å². The molecule has 1 aliphatic heterocycles. The van der Waals surface area contributed by atoms with Gasteiger partial charge in [0.25, 0.3) is 0 Å². The number of anilines is 3. The Hall–Kier alpha value is -6.12. The van der Waals surface area contributed by atoms with Crippen LogP contribution in [0.4, 0.5) is 17.1 Å². The number of nitrogens with zero attached hydrogens (tertiary/aromatic N) is 2. The molecular weight excluding hydrogens is 593 g/mol. The Morgan fingerprint density at radius 1 is 0.429 bits per heavy atom. The maximum absolute atomic E-state index is 2.48. The van der Waals surface area contributed by atoms with E-state index >= 15 is 0 Å². The fourth-order valence-corrected chi connectivity index (χ4v) is 8.23. The average molecular weight is 627 g/mol. The van der Waals surface area contributed by atoms with Crippen LogP contribution in [0, 0.1) is 0 Å². The molecular formula is C47H34N2. The van der Waals surface area contributed by atoms with Crippen LogP contribution < -0.4 is 4.90 Å². The predicted molar refractivity (Wildman–Crippen MR) is 208 cm³/mol. The van der Waals surface area contributed by atoms with Gasteiger partial charge in [-0.15, -0.1) is 0 Å². The molecule has 2 heterocycles. The van der Waals surface area contributed by atoms with Crippen LogP contribution in [0.15, 0.2) is 170 Å². The SMILES string of the molecule is CC1(C)c2ccccc2-n2c3ccc(-c4ccc(N(c5ccc6ccccc6c5)c5ccc6ccccc6c5)cc4)cc3c3cccc1c32. The van der Waals surface area contributed by atoms with Gasteiger partial charge >= 0.3 is 0 Å². The summed E-state index contributed by atoms with van der Waals surface area (Å²) < 4.78 is 2.48. The summed E-state index contributed by atoms with van der Waals surface area (Å²) in [7, 11) is 0. The molecule has 0 N–H and O–H groups in total. The number of aromatic nitrogens is 1. The Bertz CT molecular complexity index is 2670. The fraction of sp³-hybridized carbons (Fsp3) is 0.0638. The molecule has 0 spiro atoms. The number of hydrogen-bond acceptors (Lipinski definition) is 1. The van der Waals surface area contributed by atoms with Gasteiger partial charge in [0.05, 0.1) is 16.7 Å². The lowest BCUT2D eigenvalue weighted by atomic mass is 9.75. The highest BCUT2D eigenvalue weighted by Crippen LogP contribution is 2.48. The van der Waals surface area contributed by atoms with Gasteiger partial charge in [-0.2, -0.15) is 0 Å². The number of rotatable bonds is 4. The third kappa shape index (κ3) is 4.20. The minimum absolute atomic E-state index is 0.0684. The minimum Gasteiger partial charge on any atom is -0.310 e. The molecule has 1 aromatic heterocycles. The molecule has 49 heavy (non-hydrogen) atoms. The number of hydrogen-bond donors (Lipinski definition) is 0. The lowest BCUT2D eigenvalue weighted by Gasteiger charge is -2.34. The van der Waals surface area contributed by atoms with E-state index < -0.39 is 0 Å². The Morgan fingerprint density at radius 2 is 1.00 bits per heavy atom. The Balaban J connectivity index is 1.10. The van der Waals surface area contributed by atoms with Crippen molar-refractivity contribution in [3.05, 3.63) is 181 Å². The molecule has 0 bridgehead atoms. The van der Waals surface area contributed by atoms with Gasteiger partial charge in [-0.3, -0.25) is 0 Å². The highest BCUT2D eigenvalue weighted by molar-refractivity contribution is 6.12. The molecule has 1 aliphatic rings. The third-order valence-electron chi connectivity index (χ3n) is 10.7. The van der Waals surface area contributed by atoms with Crippen molar-refractivity contribution in [3.63, 3.8) is 0 Å². The molecule has 0 atom stereocenters. The summed E-state index contributed by atoms with van der Waals surface area (Å²) in [5, 5.41) is 7.55. The molecule has 0 unspecified atom stereocenters. The van der Waals surface area contributed by atoms with E-state index in [2.05, 4.69) is 193 Å². The first kappa shape index (κ1) is 27.9. The second-order valence-electron chi connectivity index (χ2n) is 13.9. The molecule has 0 amide bonds. The molecule has 8 aromatic carbocycles. The zero-order valence-corrected chi connectivity index (χ0v) is 27.6. The van der Waals surface area contributed by atoms with Crippen molar-refractivity contribution in [2.45, 2.75) is 19.3 Å². The Labute approximate surface area is 286 Å². The fourth-order valence-electron chi connectivity index (χ4n) is 8.23. The normalized spacial score (nSPS) is 13.3. The average Bonchev–Trinajstić information content (AvgIpc) is 3.48. The van der Waals surface area contributed by atoms with E-state index in [9.17, 15) is 0 Å². The smallest absolute Gasteiger partial charge is 0.0582 e. The zero-order chi connectivity index (χ0) is 32.7. The topological polar surface area (TPSA) is 8.17 Å². The van der Waals surface area contributed by atoms with Crippen LogP contribution in [0.25, 0.3) is 60.2 Å². The highest BCUT2D eigenvalue weighted by atomic mass is 15.1. The summed E-state index contributed by atoms with van der Waals surface area (Å²) >= 11 is 0. The van der Waals surface area contributed by atoms with Crippen LogP contribution >= 0.6 is 0 Å². The summed E-state index contributed by atoms with van der Waals surface area (Å²) in [4.78, 5) is 2.37. The summed E-state index contributed by atoms with van der Waals surface area (Å²) in [6.45, 7) is 4.71. The van der Waals surface area contributed by atoms with E-state index in [4.69, 9.17) is 0 Å². The molecule has 2 heteroatoms. The first-order chi connectivity index (χ1) is 24.0. The highest BCUT2D eigenvalue weighted by Gasteiger charge is 2.34. The predicted octanol–water partition coefficient (Wildman–Crippen LogP) is 12.9. The zero-order valence-electron chi connectivity index (χ0n) is 27.6. The molecule has 0 saturated heterocycles. The van der Waals surface area contributed by atoms with Gasteiger partial charge in [-0.1, -0.05) is 129 Å². The molecule has 2 nitrogen and oxygen atoms in total. The van der Waals surface area contributed by atoms with E-state index in [-0.39, 0.29) is 5.41 Å². The molecule has 10 rings (SSSR count). The van der Waals surface area contributed by atoms with Crippen LogP contribution in [-0.2, 0) is 5.41 Å². The van der Waals surface area contributed by atoms with E-state index in [0.29, 0.717) is 0 Å². The quantitative estimate of drug-likeness (QED) is 0.189. The second-order valence-corrected chi connectivity index (χ2v) is 13.9. The van der Waals surface area contributed by atoms with Gasteiger partial charge in [-0.05, 0) is 98.4 Å². The summed E-state index contributed by atoms with van der Waals surface area (Å²) in [5.74, 6) is 0. The van der Waals surface area contributed by atoms with Crippen LogP contribution in [0.2, 0.25) is 0 Å². The van der Waals surface area contributed by atoms with Crippen molar-refractivity contribution < 1.29 is 0 Å². The summed E-state index contributed by atoms with van der Waals surface area (Å²) in [6, 6.07) is 62.4. The van der Waals surface area contributed by atoms with Gasteiger partial charge in [0, 0.05) is 33.2 Å². The lowest BCUT2D eigenvalue weighted by Crippen LogP contribution is -2.26. The number of fused-ring (bicyclic) bond motifs is 7. The van der Waals surface area contributed by atoms with E-state index in [1.807, 2.05) is 0 Å². The third-order valence-corrected chi connectivity index (χ3v) is 10.7. The van der Waals surface area contributed by atoms with Crippen molar-refractivity contribution >= 4 is 60.4 Å². The molecule has 232 valence electrons. The van der Waals surface area contributed by atoms with Crippen LogP contribution in [-0.4, -0.2) is 4.57 Å². The second kappa shape index (κ2) is 10.4. The van der Waals surface area contributed by atoms with Crippen molar-refractivity contribution in [1.29, 1.82) is 0 Å². The first-order valence-corrected chi connectivity index (χ1v) is 17.1. The number of para-hydroxylation sites is 2. The largest absolute Gasteiger partial charge is 0.310 e. The van der Waals surface area contributed by atoms with Gasteiger partial charge in [0.1, 0.15) is 0 Å². The molecule has 0 aliphatic carbocycles. The maximum atomic E-state index is 2.48. The molecule has 9 aromatic rings. The van der Waals surface area contributed by atoms with Crippen LogP contribution in [0.1, 0.15) is 25.0 Å². The lowest BCUT2D eigenvalue weighted by molar-refractivity contribution is 0.630. The maximum Gasteiger partial charge on any atom is 0.0582 e. The van der Waals surface area contributed by atoms with Crippen molar-refractivity contribution in [2.24, 2.45) is 0 Å². The van der Waals surface area contributed by atoms with Crippen molar-refractivity contribution in [1.82, 2.24) is 4.57 Å². The summed E-state index contributed by atoms with van der Waals surface area (Å²) in [6.07, 6.45) is 0. The molecule has 0 saturated carbocycles. The van der Waals surface area contributed by atoms with Gasteiger partial charge in [-0.25, -0.2) is 0 Å². The van der Waals surface area contributed by atoms with Crippen LogP contribution in [0.5, 0.6) is 0 Å². The van der Waals surface area contributed by atoms with E-state index in [1.165, 1.54) is 71.3 Å². The first-order valence-electron chi connectivity index (χ1n) is 17.1. The monoisotopic (exact) mass is 626 g/mol. The minimum atomic E-state index is -0.0684. The molecule has 0 radical (unpaired) electrons. The summed E-state index contributed by atoms with van der Waals surface area (Å²) in [5.41, 5.74) is 12.4. The van der Waals surface area contributed by atoms with Gasteiger partial charge in [0.2, 0.25) is 0 Å². The Kier molecular flexibility index (Phi) is 5.95. The van der Waals surface area contributed by atoms with Crippen LogP contribution in [0.3, 0.4) is 0 Å². The van der Waals surface area contributed by atoms with E-state index in [1.54, 1.807) is 0 Å². The van der Waals surface area contributed by atoms with Gasteiger partial charge < -0.3 is 9.47 Å². The number of benzene rings is 8. The van der Waals surface area contributed by atoms with E-state index in [0.717, 1.165) is 17.1 Å². The standard InChI is InChI=1S/C47H34N2/c1-47(2)42-15-7-8-17-45(42)49-44-27-22-36(30-41(44)40-14-9-16-43(47)46(40)49)33-18-23-37(24-19-33)48(38-25-20-31-10-3-5-12-34(31)28-38)39-26-21-32-11-4-6-13-35(32)29-39/h3-30H,1-2H3. The van der Waals surface area contributed by atoms with Crippen molar-refractivity contribution in [2.75, 3.05) is 4.90 Å².